The summed E-state index contributed by atoms with van der Waals surface area (Å²) in [5, 5.41) is 2.49. The lowest BCUT2D eigenvalue weighted by molar-refractivity contribution is -0.139. The number of piperazine rings is 1. The van der Waals surface area contributed by atoms with Crippen molar-refractivity contribution in [2.75, 3.05) is 38.6 Å². The van der Waals surface area contributed by atoms with Gasteiger partial charge in [-0.05, 0) is 43.4 Å². The number of amides is 3. The van der Waals surface area contributed by atoms with Crippen LogP contribution in [0.4, 0.5) is 0 Å². The van der Waals surface area contributed by atoms with E-state index in [1.807, 2.05) is 4.90 Å². The lowest BCUT2D eigenvalue weighted by atomic mass is 9.67. The first-order valence-electron chi connectivity index (χ1n) is 10.4. The molecule has 1 saturated heterocycles. The van der Waals surface area contributed by atoms with Crippen molar-refractivity contribution in [3.8, 4) is 0 Å². The minimum absolute atomic E-state index is 0.0243. The maximum atomic E-state index is 12.6. The third-order valence-electron chi connectivity index (χ3n) is 6.53. The summed E-state index contributed by atoms with van der Waals surface area (Å²) in [4.78, 5) is 39.4. The highest BCUT2D eigenvalue weighted by Gasteiger charge is 2.32. The molecule has 2 saturated carbocycles. The second-order valence-corrected chi connectivity index (χ2v) is 8.71. The van der Waals surface area contributed by atoms with Gasteiger partial charge in [-0.15, -0.1) is 11.6 Å². The molecule has 2 bridgehead atoms. The largest absolute Gasteiger partial charge is 0.346 e. The topological polar surface area (TPSA) is 69.7 Å². The van der Waals surface area contributed by atoms with Gasteiger partial charge < -0.3 is 15.1 Å². The van der Waals surface area contributed by atoms with Crippen LogP contribution in [0.2, 0.25) is 0 Å². The van der Waals surface area contributed by atoms with Crippen LogP contribution in [0.15, 0.2) is 0 Å². The van der Waals surface area contributed by atoms with Crippen molar-refractivity contribution in [1.29, 1.82) is 0 Å². The molecule has 152 valence electrons. The Morgan fingerprint density at radius 1 is 0.889 bits per heavy atom. The van der Waals surface area contributed by atoms with E-state index in [1.54, 1.807) is 4.90 Å². The fourth-order valence-electron chi connectivity index (χ4n) is 5.13. The molecule has 2 aliphatic carbocycles. The molecule has 3 amide bonds. The van der Waals surface area contributed by atoms with Crippen molar-refractivity contribution in [2.45, 2.75) is 51.4 Å². The van der Waals surface area contributed by atoms with Crippen LogP contribution in [-0.4, -0.2) is 66.1 Å². The maximum Gasteiger partial charge on any atom is 0.242 e. The van der Waals surface area contributed by atoms with Crippen LogP contribution in [0.25, 0.3) is 0 Å². The van der Waals surface area contributed by atoms with Gasteiger partial charge in [0.05, 0.1) is 6.54 Å². The fraction of sp³-hybridized carbons (Fsp3) is 0.850. The molecule has 0 aromatic carbocycles. The first-order valence-corrected chi connectivity index (χ1v) is 11.0. The van der Waals surface area contributed by atoms with Gasteiger partial charge in [0.15, 0.2) is 0 Å². The van der Waals surface area contributed by atoms with E-state index in [-0.39, 0.29) is 30.1 Å². The molecule has 1 heterocycles. The summed E-state index contributed by atoms with van der Waals surface area (Å²) in [5.41, 5.74) is 0. The molecule has 1 aliphatic heterocycles. The van der Waals surface area contributed by atoms with Crippen molar-refractivity contribution in [3.05, 3.63) is 0 Å². The highest BCUT2D eigenvalue weighted by Crippen LogP contribution is 2.43. The van der Waals surface area contributed by atoms with E-state index in [9.17, 15) is 14.4 Å². The molecule has 3 rings (SSSR count). The number of carbonyl (C=O) groups is 3. The fourth-order valence-corrected chi connectivity index (χ4v) is 5.22. The summed E-state index contributed by atoms with van der Waals surface area (Å²) in [7, 11) is 0. The SMILES string of the molecule is O=C(CCl)NCC(=O)N1CCN(C(=O)CCC2CC3CCCC(C3)C2)CC1. The lowest BCUT2D eigenvalue weighted by Gasteiger charge is -2.39. The van der Waals surface area contributed by atoms with Crippen molar-refractivity contribution in [2.24, 2.45) is 17.8 Å². The number of halogens is 1. The van der Waals surface area contributed by atoms with Crippen LogP contribution < -0.4 is 5.32 Å². The molecule has 0 radical (unpaired) electrons. The second kappa shape index (κ2) is 9.76. The molecule has 7 heteroatoms. The summed E-state index contributed by atoms with van der Waals surface area (Å²) in [5.74, 6) is 2.18. The number of carbonyl (C=O) groups excluding carboxylic acids is 3. The van der Waals surface area contributed by atoms with E-state index in [4.69, 9.17) is 11.6 Å². The normalized spacial score (nSPS) is 28.0. The van der Waals surface area contributed by atoms with Crippen LogP contribution in [-0.2, 0) is 14.4 Å². The standard InChI is InChI=1S/C20H32ClN3O3/c21-13-18(25)22-14-20(27)24-8-6-23(7-9-24)19(26)5-4-17-11-15-2-1-3-16(10-15)12-17/h15-17H,1-14H2,(H,22,25). The molecule has 0 spiro atoms. The van der Waals surface area contributed by atoms with Crippen molar-refractivity contribution < 1.29 is 14.4 Å². The average Bonchev–Trinajstić information content (AvgIpc) is 2.69. The summed E-state index contributed by atoms with van der Waals surface area (Å²) < 4.78 is 0. The van der Waals surface area contributed by atoms with Gasteiger partial charge >= 0.3 is 0 Å². The summed E-state index contributed by atoms with van der Waals surface area (Å²) in [6.45, 7) is 2.22. The van der Waals surface area contributed by atoms with Crippen LogP contribution in [0.5, 0.6) is 0 Å². The highest BCUT2D eigenvalue weighted by molar-refractivity contribution is 6.27. The van der Waals surface area contributed by atoms with Crippen LogP contribution in [0.1, 0.15) is 51.4 Å². The van der Waals surface area contributed by atoms with Crippen molar-refractivity contribution in [1.82, 2.24) is 15.1 Å². The molecule has 3 aliphatic rings. The molecule has 27 heavy (non-hydrogen) atoms. The predicted molar refractivity (Wildman–Crippen MR) is 104 cm³/mol. The maximum absolute atomic E-state index is 12.6. The minimum Gasteiger partial charge on any atom is -0.346 e. The first-order chi connectivity index (χ1) is 13.0. The van der Waals surface area contributed by atoms with Crippen LogP contribution >= 0.6 is 11.6 Å². The Morgan fingerprint density at radius 2 is 1.48 bits per heavy atom. The molecular weight excluding hydrogens is 366 g/mol. The number of nitrogens with zero attached hydrogens (tertiary/aromatic N) is 2. The molecule has 2 atom stereocenters. The Morgan fingerprint density at radius 3 is 2.07 bits per heavy atom. The van der Waals surface area contributed by atoms with E-state index >= 15 is 0 Å². The quantitative estimate of drug-likeness (QED) is 0.697. The number of alkyl halides is 1. The zero-order valence-corrected chi connectivity index (χ0v) is 16.9. The van der Waals surface area contributed by atoms with E-state index in [0.717, 1.165) is 24.2 Å². The highest BCUT2D eigenvalue weighted by atomic mass is 35.5. The van der Waals surface area contributed by atoms with E-state index < -0.39 is 0 Å². The molecule has 0 aromatic rings. The van der Waals surface area contributed by atoms with Gasteiger partial charge in [-0.25, -0.2) is 0 Å². The average molecular weight is 398 g/mol. The molecular formula is C20H32ClN3O3. The number of hydrogen-bond donors (Lipinski definition) is 1. The Labute approximate surface area is 167 Å². The van der Waals surface area contributed by atoms with Crippen molar-refractivity contribution in [3.63, 3.8) is 0 Å². The predicted octanol–water partition coefficient (Wildman–Crippen LogP) is 2.01. The number of nitrogens with one attached hydrogen (secondary N) is 1. The molecule has 2 unspecified atom stereocenters. The van der Waals surface area contributed by atoms with Gasteiger partial charge in [-0.1, -0.05) is 19.3 Å². The lowest BCUT2D eigenvalue weighted by Crippen LogP contribution is -2.52. The smallest absolute Gasteiger partial charge is 0.242 e. The third-order valence-corrected chi connectivity index (χ3v) is 6.78. The van der Waals surface area contributed by atoms with Gasteiger partial charge in [0.2, 0.25) is 17.7 Å². The minimum atomic E-state index is -0.342. The van der Waals surface area contributed by atoms with Crippen LogP contribution in [0.3, 0.4) is 0 Å². The number of hydrogen-bond acceptors (Lipinski definition) is 3. The second-order valence-electron chi connectivity index (χ2n) is 8.45. The monoisotopic (exact) mass is 397 g/mol. The molecule has 3 fully saturated rings. The van der Waals surface area contributed by atoms with E-state index in [0.29, 0.717) is 32.6 Å². The Bertz CT molecular complexity index is 537. The summed E-state index contributed by atoms with van der Waals surface area (Å²) in [6, 6.07) is 0. The molecule has 6 nitrogen and oxygen atoms in total. The molecule has 1 N–H and O–H groups in total. The van der Waals surface area contributed by atoms with E-state index in [1.165, 1.54) is 38.5 Å². The first kappa shape index (κ1) is 20.4. The van der Waals surface area contributed by atoms with Gasteiger partial charge in [0, 0.05) is 32.6 Å². The van der Waals surface area contributed by atoms with Gasteiger partial charge in [-0.2, -0.15) is 0 Å². The van der Waals surface area contributed by atoms with Crippen molar-refractivity contribution >= 4 is 29.3 Å². The van der Waals surface area contributed by atoms with E-state index in [2.05, 4.69) is 5.32 Å². The number of fused-ring (bicyclic) bond motifs is 2. The molecule has 0 aromatic heterocycles. The summed E-state index contributed by atoms with van der Waals surface area (Å²) >= 11 is 5.41. The number of rotatable bonds is 6. The van der Waals surface area contributed by atoms with Crippen LogP contribution in [0, 0.1) is 17.8 Å². The van der Waals surface area contributed by atoms with Gasteiger partial charge in [0.1, 0.15) is 5.88 Å². The Hall–Kier alpha value is -1.30. The third kappa shape index (κ3) is 5.84. The van der Waals surface area contributed by atoms with Gasteiger partial charge in [-0.3, -0.25) is 14.4 Å². The Balaban J connectivity index is 1.35. The Kier molecular flexibility index (Phi) is 7.39. The summed E-state index contributed by atoms with van der Waals surface area (Å²) in [6.07, 6.45) is 9.91. The van der Waals surface area contributed by atoms with Gasteiger partial charge in [0.25, 0.3) is 0 Å². The zero-order chi connectivity index (χ0) is 19.2. The zero-order valence-electron chi connectivity index (χ0n) is 16.1.